The number of ketones is 1. The van der Waals surface area contributed by atoms with Crippen LogP contribution in [0.4, 0.5) is 4.39 Å². The first-order valence-electron chi connectivity index (χ1n) is 11.2. The minimum absolute atomic E-state index is 0.281. The number of halogens is 1. The summed E-state index contributed by atoms with van der Waals surface area (Å²) in [5.41, 5.74) is 6.64. The number of nitrogens with zero attached hydrogens (tertiary/aromatic N) is 1. The summed E-state index contributed by atoms with van der Waals surface area (Å²) < 4.78 is 15.9. The Bertz CT molecular complexity index is 951. The zero-order valence-corrected chi connectivity index (χ0v) is 22.2. The van der Waals surface area contributed by atoms with Crippen molar-refractivity contribution in [2.45, 2.75) is 53.0 Å². The second-order valence-corrected chi connectivity index (χ2v) is 10.2. The average molecular weight is 502 g/mol. The van der Waals surface area contributed by atoms with Crippen LogP contribution >= 0.6 is 23.7 Å². The number of benzene rings is 1. The van der Waals surface area contributed by atoms with Gasteiger partial charge in [-0.25, -0.2) is 8.70 Å². The molecular formula is C27H36FN3OS2. The van der Waals surface area contributed by atoms with Gasteiger partial charge in [0.2, 0.25) is 5.78 Å². The highest BCUT2D eigenvalue weighted by Crippen LogP contribution is 2.30. The van der Waals surface area contributed by atoms with Gasteiger partial charge in [-0.05, 0) is 75.9 Å². The number of hydrogen-bond donors (Lipinski definition) is 2. The van der Waals surface area contributed by atoms with E-state index in [-0.39, 0.29) is 11.3 Å². The first kappa shape index (κ1) is 29.6. The van der Waals surface area contributed by atoms with Crippen molar-refractivity contribution < 1.29 is 9.18 Å². The van der Waals surface area contributed by atoms with Gasteiger partial charge in [-0.15, -0.1) is 12.3 Å². The molecule has 2 rings (SSSR count). The second kappa shape index (κ2) is 16.3. The molecule has 1 saturated heterocycles. The highest BCUT2D eigenvalue weighted by molar-refractivity contribution is 8.07. The molecule has 0 aliphatic carbocycles. The van der Waals surface area contributed by atoms with Crippen molar-refractivity contribution in [1.29, 1.82) is 0 Å². The third-order valence-electron chi connectivity index (χ3n) is 4.75. The van der Waals surface area contributed by atoms with Crippen molar-refractivity contribution in [2.24, 2.45) is 5.73 Å². The molecule has 1 aromatic carbocycles. The second-order valence-electron chi connectivity index (χ2n) is 7.72. The molecule has 0 spiro atoms. The maximum absolute atomic E-state index is 13.5. The van der Waals surface area contributed by atoms with E-state index in [1.165, 1.54) is 34.9 Å². The van der Waals surface area contributed by atoms with E-state index >= 15 is 0 Å². The summed E-state index contributed by atoms with van der Waals surface area (Å²) in [5.74, 6) is 1.51. The number of nitrogens with one attached hydrogen (secondary N) is 1. The predicted molar refractivity (Wildman–Crippen MR) is 147 cm³/mol. The monoisotopic (exact) mass is 501 g/mol. The SMILES string of the molecule is C#CC.C=C(NC1CCN(S/C(C)=C/C/C=C\C)CC1)S/C(C(=O)c1cccc(F)c1)=C(\C)N. The standard InChI is InChI=1S/C24H32FN3OS2.C3H4/c1-5-6-7-9-17(2)31-28-14-12-22(13-15-28)27-19(4)30-24(18(3)26)23(29)20-10-8-11-21(25)16-20;1-3-2/h5-6,8-11,16,22,27H,4,7,12-15,26H2,1-3H3;1H,2H3/b6-5-,17-9+,24-18+;. The van der Waals surface area contributed by atoms with Crippen LogP contribution in [0, 0.1) is 18.2 Å². The molecule has 3 N–H and O–H groups in total. The van der Waals surface area contributed by atoms with Crippen molar-refractivity contribution in [3.05, 3.63) is 81.0 Å². The van der Waals surface area contributed by atoms with E-state index in [0.717, 1.165) is 32.4 Å². The Morgan fingerprint density at radius 3 is 2.59 bits per heavy atom. The zero-order chi connectivity index (χ0) is 25.5. The molecule has 4 nitrogen and oxygen atoms in total. The highest BCUT2D eigenvalue weighted by Gasteiger charge is 2.22. The van der Waals surface area contributed by atoms with Crippen LogP contribution in [0.3, 0.4) is 0 Å². The number of piperidine rings is 1. The zero-order valence-electron chi connectivity index (χ0n) is 20.6. The highest BCUT2D eigenvalue weighted by atomic mass is 32.2. The minimum atomic E-state index is -0.446. The van der Waals surface area contributed by atoms with Crippen LogP contribution < -0.4 is 11.1 Å². The number of terminal acetylenes is 1. The largest absolute Gasteiger partial charge is 0.401 e. The first-order valence-corrected chi connectivity index (χ1v) is 12.8. The molecule has 34 heavy (non-hydrogen) atoms. The van der Waals surface area contributed by atoms with Gasteiger partial charge in [0.25, 0.3) is 0 Å². The molecule has 1 aromatic rings. The molecule has 1 heterocycles. The maximum atomic E-state index is 13.5. The Morgan fingerprint density at radius 1 is 1.38 bits per heavy atom. The molecule has 0 atom stereocenters. The van der Waals surface area contributed by atoms with Crippen LogP contribution in [0.2, 0.25) is 0 Å². The molecular weight excluding hydrogens is 465 g/mol. The van der Waals surface area contributed by atoms with Crippen molar-refractivity contribution in [1.82, 2.24) is 9.62 Å². The number of nitrogens with two attached hydrogens (primary N) is 1. The minimum Gasteiger partial charge on any atom is -0.401 e. The topological polar surface area (TPSA) is 58.4 Å². The summed E-state index contributed by atoms with van der Waals surface area (Å²) in [6.45, 7) is 13.5. The van der Waals surface area contributed by atoms with Crippen molar-refractivity contribution in [3.8, 4) is 12.3 Å². The van der Waals surface area contributed by atoms with Crippen LogP contribution in [0.1, 0.15) is 57.3 Å². The van der Waals surface area contributed by atoms with E-state index in [1.807, 2.05) is 18.9 Å². The molecule has 184 valence electrons. The van der Waals surface area contributed by atoms with E-state index in [0.29, 0.717) is 21.7 Å². The normalized spacial score (nSPS) is 15.7. The number of carbonyl (C=O) groups is 1. The van der Waals surface area contributed by atoms with Crippen LogP contribution in [-0.2, 0) is 0 Å². The quantitative estimate of drug-likeness (QED) is 0.124. The van der Waals surface area contributed by atoms with Gasteiger partial charge < -0.3 is 11.1 Å². The number of thioether (sulfide) groups is 1. The molecule has 1 fully saturated rings. The fourth-order valence-corrected chi connectivity index (χ4v) is 4.96. The molecule has 0 radical (unpaired) electrons. The number of allylic oxidation sites excluding steroid dienone is 6. The Kier molecular flexibility index (Phi) is 14.2. The van der Waals surface area contributed by atoms with Crippen LogP contribution in [-0.4, -0.2) is 29.2 Å². The van der Waals surface area contributed by atoms with Gasteiger partial charge in [-0.2, -0.15) is 0 Å². The summed E-state index contributed by atoms with van der Waals surface area (Å²) in [4.78, 5) is 14.5. The van der Waals surface area contributed by atoms with E-state index in [9.17, 15) is 9.18 Å². The Morgan fingerprint density at radius 2 is 2.03 bits per heavy atom. The van der Waals surface area contributed by atoms with Crippen LogP contribution in [0.25, 0.3) is 0 Å². The summed E-state index contributed by atoms with van der Waals surface area (Å²) >= 11 is 3.04. The molecule has 1 aliphatic heterocycles. The van der Waals surface area contributed by atoms with Crippen molar-refractivity contribution in [2.75, 3.05) is 13.1 Å². The fraction of sp³-hybridized carbons (Fsp3) is 0.370. The summed E-state index contributed by atoms with van der Waals surface area (Å²) in [6.07, 6.45) is 14.0. The van der Waals surface area contributed by atoms with Crippen LogP contribution in [0.5, 0.6) is 0 Å². The van der Waals surface area contributed by atoms with Crippen molar-refractivity contribution >= 4 is 29.5 Å². The third-order valence-corrected chi connectivity index (χ3v) is 6.90. The third kappa shape index (κ3) is 11.1. The van der Waals surface area contributed by atoms with Crippen LogP contribution in [0.15, 0.2) is 69.6 Å². The Hall–Kier alpha value is -2.40. The summed E-state index contributed by atoms with van der Waals surface area (Å²) in [7, 11) is 0. The molecule has 0 saturated carbocycles. The van der Waals surface area contributed by atoms with Gasteiger partial charge in [0, 0.05) is 30.4 Å². The number of Topliss-reactive ketones (excluding diaryl/α,β-unsaturated/α-hetero) is 1. The van der Waals surface area contributed by atoms with Crippen molar-refractivity contribution in [3.63, 3.8) is 0 Å². The summed E-state index contributed by atoms with van der Waals surface area (Å²) in [6, 6.07) is 5.95. The molecule has 0 amide bonds. The average Bonchev–Trinajstić information content (AvgIpc) is 2.79. The van der Waals surface area contributed by atoms with Gasteiger partial charge in [-0.1, -0.05) is 48.7 Å². The lowest BCUT2D eigenvalue weighted by atomic mass is 10.1. The first-order chi connectivity index (χ1) is 16.2. The number of hydrogen-bond acceptors (Lipinski definition) is 6. The lowest BCUT2D eigenvalue weighted by molar-refractivity contribution is 0.104. The molecule has 0 unspecified atom stereocenters. The Labute approximate surface area is 213 Å². The van der Waals surface area contributed by atoms with Gasteiger partial charge in [0.1, 0.15) is 5.82 Å². The van der Waals surface area contributed by atoms with Gasteiger partial charge in [0.15, 0.2) is 0 Å². The fourth-order valence-electron chi connectivity index (χ4n) is 3.15. The predicted octanol–water partition coefficient (Wildman–Crippen LogP) is 6.61. The lowest BCUT2D eigenvalue weighted by Crippen LogP contribution is -2.39. The van der Waals surface area contributed by atoms with Gasteiger partial charge in [-0.3, -0.25) is 4.79 Å². The smallest absolute Gasteiger partial charge is 0.201 e. The van der Waals surface area contributed by atoms with E-state index in [2.05, 4.69) is 53.7 Å². The molecule has 0 aromatic heterocycles. The Balaban J connectivity index is 0.00000182. The van der Waals surface area contributed by atoms with E-state index in [4.69, 9.17) is 5.73 Å². The lowest BCUT2D eigenvalue weighted by Gasteiger charge is -2.32. The van der Waals surface area contributed by atoms with Gasteiger partial charge >= 0.3 is 0 Å². The summed E-state index contributed by atoms with van der Waals surface area (Å²) in [5, 5.41) is 4.11. The molecule has 7 heteroatoms. The number of carbonyl (C=O) groups excluding carboxylic acids is 1. The molecule has 0 bridgehead atoms. The number of rotatable bonds is 10. The van der Waals surface area contributed by atoms with E-state index in [1.54, 1.807) is 19.9 Å². The maximum Gasteiger partial charge on any atom is 0.201 e. The van der Waals surface area contributed by atoms with Gasteiger partial charge in [0.05, 0.1) is 9.93 Å². The van der Waals surface area contributed by atoms with E-state index < -0.39 is 5.82 Å². The molecule has 1 aliphatic rings.